The molecule has 1 fully saturated rings. The number of hydrogen-bond donors (Lipinski definition) is 2. The van der Waals surface area contributed by atoms with Gasteiger partial charge in [0, 0.05) is 18.5 Å². The maximum Gasteiger partial charge on any atom is 0.220 e. The van der Waals surface area contributed by atoms with Gasteiger partial charge in [-0.2, -0.15) is 0 Å². The van der Waals surface area contributed by atoms with Crippen molar-refractivity contribution in [1.82, 2.24) is 5.32 Å². The highest BCUT2D eigenvalue weighted by atomic mass is 35.5. The number of amides is 1. The highest BCUT2D eigenvalue weighted by Gasteiger charge is 2.19. The first kappa shape index (κ1) is 18.0. The van der Waals surface area contributed by atoms with E-state index in [-0.39, 0.29) is 18.3 Å². The number of benzene rings is 1. The van der Waals surface area contributed by atoms with E-state index >= 15 is 0 Å². The quantitative estimate of drug-likeness (QED) is 0.898. The van der Waals surface area contributed by atoms with Crippen LogP contribution in [0.15, 0.2) is 18.2 Å². The maximum absolute atomic E-state index is 12.0. The van der Waals surface area contributed by atoms with Gasteiger partial charge in [0.15, 0.2) is 0 Å². The van der Waals surface area contributed by atoms with Crippen molar-refractivity contribution < 1.29 is 4.79 Å². The van der Waals surface area contributed by atoms with Crippen molar-refractivity contribution in [2.75, 3.05) is 0 Å². The number of nitrogens with two attached hydrogens (primary N) is 1. The Kier molecular flexibility index (Phi) is 7.20. The van der Waals surface area contributed by atoms with E-state index in [1.165, 1.54) is 16.7 Å². The largest absolute Gasteiger partial charge is 0.353 e. The Morgan fingerprint density at radius 3 is 2.52 bits per heavy atom. The zero-order valence-electron chi connectivity index (χ0n) is 13.0. The van der Waals surface area contributed by atoms with Gasteiger partial charge in [-0.1, -0.05) is 23.8 Å². The van der Waals surface area contributed by atoms with Crippen molar-refractivity contribution in [3.05, 3.63) is 34.9 Å². The van der Waals surface area contributed by atoms with Crippen LogP contribution in [0.4, 0.5) is 0 Å². The molecule has 1 aromatic rings. The Bertz CT molecular complexity index is 468. The third-order valence-electron chi connectivity index (χ3n) is 4.26. The molecular formula is C17H27ClN2O. The first-order valence-electron chi connectivity index (χ1n) is 7.65. The second-order valence-electron chi connectivity index (χ2n) is 6.11. The Labute approximate surface area is 134 Å². The lowest BCUT2D eigenvalue weighted by molar-refractivity contribution is -0.122. The molecule has 1 aliphatic carbocycles. The van der Waals surface area contributed by atoms with Gasteiger partial charge < -0.3 is 11.1 Å². The van der Waals surface area contributed by atoms with Crippen LogP contribution in [0.2, 0.25) is 0 Å². The highest BCUT2D eigenvalue weighted by Crippen LogP contribution is 2.17. The van der Waals surface area contributed by atoms with Gasteiger partial charge in [0.1, 0.15) is 0 Å². The molecule has 1 saturated carbocycles. The molecule has 4 heteroatoms. The zero-order chi connectivity index (χ0) is 14.5. The van der Waals surface area contributed by atoms with Gasteiger partial charge in [-0.05, 0) is 57.1 Å². The Balaban J connectivity index is 0.00000220. The molecule has 21 heavy (non-hydrogen) atoms. The van der Waals surface area contributed by atoms with Gasteiger partial charge in [-0.15, -0.1) is 12.4 Å². The standard InChI is InChI=1S/C17H26N2O.ClH/c1-12-3-4-14(13(2)11-12)5-10-17(20)19-16-8-6-15(18)7-9-16;/h3-4,11,15-16H,5-10,18H2,1-2H3,(H,19,20);1H. The predicted molar refractivity (Wildman–Crippen MR) is 89.9 cm³/mol. The lowest BCUT2D eigenvalue weighted by Gasteiger charge is -2.26. The number of aryl methyl sites for hydroxylation is 3. The van der Waals surface area contributed by atoms with Gasteiger partial charge in [0.05, 0.1) is 0 Å². The van der Waals surface area contributed by atoms with E-state index in [0.717, 1.165) is 32.1 Å². The molecule has 0 spiro atoms. The summed E-state index contributed by atoms with van der Waals surface area (Å²) in [4.78, 5) is 12.0. The maximum atomic E-state index is 12.0. The molecule has 2 rings (SSSR count). The summed E-state index contributed by atoms with van der Waals surface area (Å²) in [7, 11) is 0. The van der Waals surface area contributed by atoms with Crippen molar-refractivity contribution >= 4 is 18.3 Å². The second-order valence-corrected chi connectivity index (χ2v) is 6.11. The monoisotopic (exact) mass is 310 g/mol. The first-order chi connectivity index (χ1) is 9.54. The zero-order valence-corrected chi connectivity index (χ0v) is 13.8. The molecule has 0 unspecified atom stereocenters. The fourth-order valence-corrected chi connectivity index (χ4v) is 2.94. The fourth-order valence-electron chi connectivity index (χ4n) is 2.94. The summed E-state index contributed by atoms with van der Waals surface area (Å²) in [5.74, 6) is 0.172. The molecule has 0 heterocycles. The van der Waals surface area contributed by atoms with Gasteiger partial charge in [0.2, 0.25) is 5.91 Å². The molecular weight excluding hydrogens is 284 g/mol. The third-order valence-corrected chi connectivity index (χ3v) is 4.26. The van der Waals surface area contributed by atoms with Gasteiger partial charge in [0.25, 0.3) is 0 Å². The Hall–Kier alpha value is -1.06. The lowest BCUT2D eigenvalue weighted by atomic mass is 9.91. The molecule has 0 atom stereocenters. The molecule has 0 bridgehead atoms. The molecule has 1 aromatic carbocycles. The summed E-state index contributed by atoms with van der Waals surface area (Å²) in [5.41, 5.74) is 9.70. The van der Waals surface area contributed by atoms with Crippen molar-refractivity contribution in [2.45, 2.75) is 64.5 Å². The van der Waals surface area contributed by atoms with Crippen LogP contribution in [0.5, 0.6) is 0 Å². The van der Waals surface area contributed by atoms with E-state index in [4.69, 9.17) is 5.73 Å². The van der Waals surface area contributed by atoms with Gasteiger partial charge >= 0.3 is 0 Å². The van der Waals surface area contributed by atoms with Crippen molar-refractivity contribution in [3.63, 3.8) is 0 Å². The number of nitrogens with one attached hydrogen (secondary N) is 1. The molecule has 1 aliphatic rings. The molecule has 0 radical (unpaired) electrons. The molecule has 0 aromatic heterocycles. The van der Waals surface area contributed by atoms with Crippen molar-refractivity contribution in [3.8, 4) is 0 Å². The predicted octanol–water partition coefficient (Wildman–Crippen LogP) is 3.04. The topological polar surface area (TPSA) is 55.1 Å². The summed E-state index contributed by atoms with van der Waals surface area (Å²) in [5, 5.41) is 3.15. The number of hydrogen-bond acceptors (Lipinski definition) is 2. The summed E-state index contributed by atoms with van der Waals surface area (Å²) in [6.07, 6.45) is 5.51. The number of carbonyl (C=O) groups excluding carboxylic acids is 1. The van der Waals surface area contributed by atoms with Crippen molar-refractivity contribution in [2.24, 2.45) is 5.73 Å². The summed E-state index contributed by atoms with van der Waals surface area (Å²) >= 11 is 0. The summed E-state index contributed by atoms with van der Waals surface area (Å²) in [6, 6.07) is 7.09. The third kappa shape index (κ3) is 5.68. The van der Waals surface area contributed by atoms with Crippen molar-refractivity contribution in [1.29, 1.82) is 0 Å². The number of rotatable bonds is 4. The Morgan fingerprint density at radius 1 is 1.24 bits per heavy atom. The lowest BCUT2D eigenvalue weighted by Crippen LogP contribution is -2.40. The van der Waals surface area contributed by atoms with Crippen LogP contribution < -0.4 is 11.1 Å². The molecule has 1 amide bonds. The van der Waals surface area contributed by atoms with Crippen LogP contribution in [0.1, 0.15) is 48.8 Å². The minimum atomic E-state index is 0. The number of carbonyl (C=O) groups is 1. The SMILES string of the molecule is Cc1ccc(CCC(=O)NC2CCC(N)CC2)c(C)c1.Cl. The molecule has 0 aliphatic heterocycles. The molecule has 0 saturated heterocycles. The van der Waals surface area contributed by atoms with Crippen LogP contribution in [0.3, 0.4) is 0 Å². The first-order valence-corrected chi connectivity index (χ1v) is 7.65. The summed E-state index contributed by atoms with van der Waals surface area (Å²) in [6.45, 7) is 4.21. The van der Waals surface area contributed by atoms with E-state index in [0.29, 0.717) is 18.5 Å². The van der Waals surface area contributed by atoms with Crippen LogP contribution in [-0.2, 0) is 11.2 Å². The van der Waals surface area contributed by atoms with Crippen LogP contribution in [0.25, 0.3) is 0 Å². The molecule has 3 nitrogen and oxygen atoms in total. The highest BCUT2D eigenvalue weighted by molar-refractivity contribution is 5.85. The van der Waals surface area contributed by atoms with Crippen LogP contribution in [0, 0.1) is 13.8 Å². The van der Waals surface area contributed by atoms with Crippen LogP contribution in [-0.4, -0.2) is 18.0 Å². The molecule has 118 valence electrons. The number of halogens is 1. The van der Waals surface area contributed by atoms with Crippen LogP contribution >= 0.6 is 12.4 Å². The van der Waals surface area contributed by atoms with E-state index in [9.17, 15) is 4.79 Å². The summed E-state index contributed by atoms with van der Waals surface area (Å²) < 4.78 is 0. The van der Waals surface area contributed by atoms with E-state index in [1.807, 2.05) is 0 Å². The second kappa shape index (κ2) is 8.40. The minimum Gasteiger partial charge on any atom is -0.353 e. The average Bonchev–Trinajstić information content (AvgIpc) is 2.40. The van der Waals surface area contributed by atoms with E-state index < -0.39 is 0 Å². The van der Waals surface area contributed by atoms with Gasteiger partial charge in [-0.3, -0.25) is 4.79 Å². The fraction of sp³-hybridized carbons (Fsp3) is 0.588. The smallest absolute Gasteiger partial charge is 0.220 e. The Morgan fingerprint density at radius 2 is 1.90 bits per heavy atom. The van der Waals surface area contributed by atoms with E-state index in [1.54, 1.807) is 0 Å². The van der Waals surface area contributed by atoms with E-state index in [2.05, 4.69) is 37.4 Å². The molecule has 3 N–H and O–H groups in total. The minimum absolute atomic E-state index is 0. The normalized spacial score (nSPS) is 21.5. The average molecular weight is 311 g/mol. The van der Waals surface area contributed by atoms with Gasteiger partial charge in [-0.25, -0.2) is 0 Å².